The number of esters is 1. The largest absolute Gasteiger partial charge is 0.516 e. The molecule has 2 aromatic rings. The number of carbonyl (C=O) groups is 2. The van der Waals surface area contributed by atoms with E-state index in [0.717, 1.165) is 17.3 Å². The zero-order chi connectivity index (χ0) is 19.1. The Bertz CT molecular complexity index is 813. The first-order valence-electron chi connectivity index (χ1n) is 7.88. The van der Waals surface area contributed by atoms with Crippen molar-refractivity contribution in [2.75, 3.05) is 13.7 Å². The van der Waals surface area contributed by atoms with Gasteiger partial charge >= 0.3 is 12.1 Å². The van der Waals surface area contributed by atoms with E-state index >= 15 is 0 Å². The number of methoxy groups -OCH3 is 1. The van der Waals surface area contributed by atoms with Gasteiger partial charge in [-0.2, -0.15) is 0 Å². The Morgan fingerprint density at radius 1 is 1.31 bits per heavy atom. The molecule has 0 aromatic carbocycles. The Morgan fingerprint density at radius 2 is 2.08 bits per heavy atom. The summed E-state index contributed by atoms with van der Waals surface area (Å²) >= 11 is 0. The minimum atomic E-state index is -1.04. The van der Waals surface area contributed by atoms with Gasteiger partial charge in [-0.1, -0.05) is 13.8 Å². The molecule has 138 valence electrons. The second-order valence-electron chi connectivity index (χ2n) is 5.78. The number of ether oxygens (including phenoxy) is 3. The summed E-state index contributed by atoms with van der Waals surface area (Å²) in [6.45, 7) is 5.75. The molecule has 2 rings (SSSR count). The number of nitrogens with zero attached hydrogens (tertiary/aromatic N) is 4. The fourth-order valence-electron chi connectivity index (χ4n) is 1.87. The molecule has 2 aromatic heterocycles. The third-order valence-electron chi connectivity index (χ3n) is 2.99. The van der Waals surface area contributed by atoms with Crippen LogP contribution in [0.4, 0.5) is 4.79 Å². The molecular formula is C17H20N4O5. The summed E-state index contributed by atoms with van der Waals surface area (Å²) in [5, 5.41) is 4.22. The molecule has 0 amide bonds. The van der Waals surface area contributed by atoms with E-state index in [-0.39, 0.29) is 12.5 Å². The molecule has 0 saturated heterocycles. The lowest BCUT2D eigenvalue weighted by atomic mass is 10.2. The van der Waals surface area contributed by atoms with Crippen LogP contribution < -0.4 is 4.74 Å². The van der Waals surface area contributed by atoms with Crippen molar-refractivity contribution in [1.82, 2.24) is 19.7 Å². The third-order valence-corrected chi connectivity index (χ3v) is 2.99. The zero-order valence-electron chi connectivity index (χ0n) is 15.0. The fraction of sp³-hybridized carbons (Fsp3) is 0.353. The first-order valence-corrected chi connectivity index (χ1v) is 7.88. The van der Waals surface area contributed by atoms with Crippen molar-refractivity contribution in [1.29, 1.82) is 0 Å². The molecule has 0 unspecified atom stereocenters. The standard InChI is InChI=1S/C17H20N4O5/c1-11(2)9-25-17(23)26-15(22)5-6-21-10-18-16(20-21)13-7-12(3)19-14(8-13)24-4/h5-8,10-11H,9H2,1-4H3/b6-5-. The smallest absolute Gasteiger partial charge is 0.481 e. The summed E-state index contributed by atoms with van der Waals surface area (Å²) in [5.74, 6) is 0.174. The average Bonchev–Trinajstić information content (AvgIpc) is 3.06. The zero-order valence-corrected chi connectivity index (χ0v) is 15.0. The number of rotatable bonds is 6. The van der Waals surface area contributed by atoms with Crippen molar-refractivity contribution in [2.45, 2.75) is 20.8 Å². The number of aromatic nitrogens is 4. The molecule has 0 aliphatic heterocycles. The maximum Gasteiger partial charge on any atom is 0.516 e. The SMILES string of the molecule is COc1cc(-c2ncn(/C=C\C(=O)OC(=O)OCC(C)C)n2)cc(C)n1. The van der Waals surface area contributed by atoms with Gasteiger partial charge in [-0.15, -0.1) is 5.10 Å². The third kappa shape index (κ3) is 5.69. The maximum absolute atomic E-state index is 11.6. The van der Waals surface area contributed by atoms with Gasteiger partial charge in [-0.05, 0) is 18.9 Å². The van der Waals surface area contributed by atoms with Crippen molar-refractivity contribution in [2.24, 2.45) is 5.92 Å². The number of aryl methyl sites for hydroxylation is 1. The highest BCUT2D eigenvalue weighted by molar-refractivity contribution is 5.91. The highest BCUT2D eigenvalue weighted by Crippen LogP contribution is 2.20. The summed E-state index contributed by atoms with van der Waals surface area (Å²) in [6, 6.07) is 3.51. The molecule has 0 spiro atoms. The number of pyridine rings is 1. The van der Waals surface area contributed by atoms with E-state index in [1.165, 1.54) is 24.3 Å². The molecule has 0 fully saturated rings. The van der Waals surface area contributed by atoms with Gasteiger partial charge in [0.15, 0.2) is 5.82 Å². The molecule has 0 N–H and O–H groups in total. The lowest BCUT2D eigenvalue weighted by molar-refractivity contribution is -0.134. The molecule has 0 aliphatic rings. The van der Waals surface area contributed by atoms with Crippen LogP contribution in [0.5, 0.6) is 5.88 Å². The van der Waals surface area contributed by atoms with Gasteiger partial charge < -0.3 is 14.2 Å². The van der Waals surface area contributed by atoms with Crippen LogP contribution in [-0.2, 0) is 14.3 Å². The Hall–Kier alpha value is -3.23. The summed E-state index contributed by atoms with van der Waals surface area (Å²) in [6.07, 6.45) is 2.75. The number of carbonyl (C=O) groups excluding carboxylic acids is 2. The summed E-state index contributed by atoms with van der Waals surface area (Å²) in [4.78, 5) is 31.2. The van der Waals surface area contributed by atoms with Gasteiger partial charge in [0.25, 0.3) is 0 Å². The van der Waals surface area contributed by atoms with Gasteiger partial charge in [-0.3, -0.25) is 0 Å². The quantitative estimate of drug-likeness (QED) is 0.439. The van der Waals surface area contributed by atoms with E-state index in [9.17, 15) is 9.59 Å². The van der Waals surface area contributed by atoms with E-state index in [1.54, 1.807) is 6.07 Å². The number of hydrogen-bond acceptors (Lipinski definition) is 8. The molecular weight excluding hydrogens is 340 g/mol. The summed E-state index contributed by atoms with van der Waals surface area (Å²) < 4.78 is 15.7. The predicted molar refractivity (Wildman–Crippen MR) is 92.2 cm³/mol. The minimum absolute atomic E-state index is 0.150. The van der Waals surface area contributed by atoms with Crippen LogP contribution in [0.3, 0.4) is 0 Å². The van der Waals surface area contributed by atoms with E-state index in [4.69, 9.17) is 9.47 Å². The van der Waals surface area contributed by atoms with Gasteiger partial charge in [0, 0.05) is 29.6 Å². The lowest BCUT2D eigenvalue weighted by Crippen LogP contribution is -2.14. The lowest BCUT2D eigenvalue weighted by Gasteiger charge is -2.05. The van der Waals surface area contributed by atoms with Crippen LogP contribution in [0, 0.1) is 12.8 Å². The van der Waals surface area contributed by atoms with Crippen LogP contribution in [0.1, 0.15) is 19.5 Å². The molecule has 0 radical (unpaired) electrons. The summed E-state index contributed by atoms with van der Waals surface area (Å²) in [7, 11) is 1.53. The molecule has 0 saturated carbocycles. The minimum Gasteiger partial charge on any atom is -0.481 e. The van der Waals surface area contributed by atoms with Crippen LogP contribution in [-0.4, -0.2) is 45.6 Å². The van der Waals surface area contributed by atoms with E-state index in [0.29, 0.717) is 11.7 Å². The Balaban J connectivity index is 1.99. The second-order valence-corrected chi connectivity index (χ2v) is 5.78. The molecule has 9 heteroatoms. The highest BCUT2D eigenvalue weighted by Gasteiger charge is 2.10. The van der Waals surface area contributed by atoms with Gasteiger partial charge in [0.2, 0.25) is 5.88 Å². The van der Waals surface area contributed by atoms with E-state index in [2.05, 4.69) is 19.8 Å². The Kier molecular flexibility index (Phi) is 6.42. The van der Waals surface area contributed by atoms with Crippen molar-refractivity contribution in [3.05, 3.63) is 30.2 Å². The fourth-order valence-corrected chi connectivity index (χ4v) is 1.87. The van der Waals surface area contributed by atoms with Crippen molar-refractivity contribution in [3.8, 4) is 17.3 Å². The molecule has 0 atom stereocenters. The normalized spacial score (nSPS) is 11.0. The van der Waals surface area contributed by atoms with Gasteiger partial charge in [0.05, 0.1) is 13.7 Å². The Labute approximate surface area is 150 Å². The molecule has 2 heterocycles. The average molecular weight is 360 g/mol. The monoisotopic (exact) mass is 360 g/mol. The number of hydrogen-bond donors (Lipinski definition) is 0. The maximum atomic E-state index is 11.6. The first-order chi connectivity index (χ1) is 12.4. The second kappa shape index (κ2) is 8.75. The van der Waals surface area contributed by atoms with Crippen LogP contribution >= 0.6 is 0 Å². The van der Waals surface area contributed by atoms with Crippen LogP contribution in [0.25, 0.3) is 17.6 Å². The summed E-state index contributed by atoms with van der Waals surface area (Å²) in [5.41, 5.74) is 1.48. The van der Waals surface area contributed by atoms with E-state index < -0.39 is 12.1 Å². The molecule has 0 bridgehead atoms. The molecule has 9 nitrogen and oxygen atoms in total. The van der Waals surface area contributed by atoms with E-state index in [1.807, 2.05) is 26.8 Å². The molecule has 26 heavy (non-hydrogen) atoms. The van der Waals surface area contributed by atoms with Crippen molar-refractivity contribution >= 4 is 18.3 Å². The predicted octanol–water partition coefficient (Wildman–Crippen LogP) is 2.46. The Morgan fingerprint density at radius 3 is 2.77 bits per heavy atom. The first kappa shape index (κ1) is 19.1. The van der Waals surface area contributed by atoms with Crippen LogP contribution in [0.2, 0.25) is 0 Å². The highest BCUT2D eigenvalue weighted by atomic mass is 16.7. The van der Waals surface area contributed by atoms with Gasteiger partial charge in [0.1, 0.15) is 6.33 Å². The van der Waals surface area contributed by atoms with Crippen molar-refractivity contribution in [3.63, 3.8) is 0 Å². The van der Waals surface area contributed by atoms with Crippen molar-refractivity contribution < 1.29 is 23.8 Å². The van der Waals surface area contributed by atoms with Gasteiger partial charge in [-0.25, -0.2) is 24.2 Å². The van der Waals surface area contributed by atoms with Crippen LogP contribution in [0.15, 0.2) is 24.5 Å². The topological polar surface area (TPSA) is 105 Å². The molecule has 0 aliphatic carbocycles.